The predicted octanol–water partition coefficient (Wildman–Crippen LogP) is 7.31. The zero-order chi connectivity index (χ0) is 30.1. The van der Waals surface area contributed by atoms with E-state index < -0.39 is 6.36 Å². The van der Waals surface area contributed by atoms with Gasteiger partial charge in [-0.3, -0.25) is 10.3 Å². The maximum Gasteiger partial charge on any atom is 0.573 e. The summed E-state index contributed by atoms with van der Waals surface area (Å²) in [7, 11) is 0. The van der Waals surface area contributed by atoms with Gasteiger partial charge in [-0.25, -0.2) is 9.67 Å². The summed E-state index contributed by atoms with van der Waals surface area (Å²) < 4.78 is 42.6. The molecule has 6 rings (SSSR count). The summed E-state index contributed by atoms with van der Waals surface area (Å²) in [6.45, 7) is 2.16. The molecule has 0 radical (unpaired) electrons. The molecule has 0 saturated carbocycles. The number of fused-ring (bicyclic) bond motifs is 3. The standard InChI is InChI=1S/C29H21ClF3N7OS2/c1-17-12-22-15-43-28(40(22)25-13-20(30)6-11-24(17)25)36-27(42)37-35-14-18-2-4-19(5-3-18)26-34-16-39(38-26)21-7-9-23(10-8-21)41-29(31,32)33/h2-14,16-17H,15H2,1H3,(H,37,42)/b35-14+,36-28-. The molecule has 0 bridgehead atoms. The third kappa shape index (κ3) is 6.58. The number of hydrogen-bond acceptors (Lipinski definition) is 6. The van der Waals surface area contributed by atoms with Gasteiger partial charge < -0.3 is 4.74 Å². The van der Waals surface area contributed by atoms with Crippen LogP contribution in [0.4, 0.5) is 18.9 Å². The lowest BCUT2D eigenvalue weighted by Gasteiger charge is -2.29. The molecule has 0 spiro atoms. The average Bonchev–Trinajstić information content (AvgIpc) is 3.61. The third-order valence-corrected chi connectivity index (χ3v) is 7.95. The molecule has 1 saturated heterocycles. The van der Waals surface area contributed by atoms with E-state index >= 15 is 0 Å². The average molecular weight is 640 g/mol. The number of aromatic nitrogens is 3. The van der Waals surface area contributed by atoms with Gasteiger partial charge in [0, 0.05) is 28.0 Å². The number of amidine groups is 1. The molecule has 0 aliphatic carbocycles. The van der Waals surface area contributed by atoms with Crippen molar-refractivity contribution in [2.75, 3.05) is 10.7 Å². The molecule has 0 amide bonds. The van der Waals surface area contributed by atoms with Crippen LogP contribution in [0.1, 0.15) is 24.0 Å². The summed E-state index contributed by atoms with van der Waals surface area (Å²) in [5.41, 5.74) is 8.25. The first-order valence-electron chi connectivity index (χ1n) is 12.9. The fraction of sp³-hybridized carbons (Fsp3) is 0.138. The molecule has 3 aromatic carbocycles. The molecule has 14 heteroatoms. The van der Waals surface area contributed by atoms with Crippen LogP contribution in [0.25, 0.3) is 17.1 Å². The number of thioether (sulfide) groups is 1. The Morgan fingerprint density at radius 1 is 1.14 bits per heavy atom. The summed E-state index contributed by atoms with van der Waals surface area (Å²) in [5, 5.41) is 10.3. The lowest BCUT2D eigenvalue weighted by atomic mass is 9.94. The second-order valence-corrected chi connectivity index (χ2v) is 11.3. The van der Waals surface area contributed by atoms with Crippen molar-refractivity contribution in [1.82, 2.24) is 20.2 Å². The lowest BCUT2D eigenvalue weighted by molar-refractivity contribution is -0.274. The number of allylic oxidation sites excluding steroid dienone is 1. The smallest absolute Gasteiger partial charge is 0.406 e. The number of rotatable bonds is 5. The molecule has 2 aliphatic rings. The van der Waals surface area contributed by atoms with Gasteiger partial charge in [-0.1, -0.05) is 66.7 Å². The molecule has 1 aromatic heterocycles. The number of anilines is 1. The molecular formula is C29H21ClF3N7OS2. The molecule has 218 valence electrons. The summed E-state index contributed by atoms with van der Waals surface area (Å²) in [5.74, 6) is 1.22. The van der Waals surface area contributed by atoms with Crippen LogP contribution in [-0.4, -0.2) is 43.4 Å². The summed E-state index contributed by atoms with van der Waals surface area (Å²) in [6, 6.07) is 18.6. The zero-order valence-electron chi connectivity index (χ0n) is 22.3. The first kappa shape index (κ1) is 28.9. The van der Waals surface area contributed by atoms with E-state index in [1.165, 1.54) is 40.8 Å². The predicted molar refractivity (Wildman–Crippen MR) is 167 cm³/mol. The molecule has 2 aliphatic heterocycles. The minimum absolute atomic E-state index is 0.228. The zero-order valence-corrected chi connectivity index (χ0v) is 24.7. The summed E-state index contributed by atoms with van der Waals surface area (Å²) in [4.78, 5) is 11.0. The van der Waals surface area contributed by atoms with Crippen LogP contribution in [0.5, 0.6) is 5.75 Å². The van der Waals surface area contributed by atoms with Crippen molar-refractivity contribution in [2.24, 2.45) is 10.1 Å². The van der Waals surface area contributed by atoms with Crippen LogP contribution in [0.3, 0.4) is 0 Å². The highest BCUT2D eigenvalue weighted by atomic mass is 35.5. The number of ether oxygens (including phenoxy) is 1. The van der Waals surface area contributed by atoms with E-state index in [-0.39, 0.29) is 16.8 Å². The Hall–Kier alpha value is -4.20. The van der Waals surface area contributed by atoms with Gasteiger partial charge in [-0.2, -0.15) is 10.1 Å². The van der Waals surface area contributed by atoms with E-state index in [4.69, 9.17) is 23.8 Å². The minimum atomic E-state index is -4.75. The van der Waals surface area contributed by atoms with E-state index in [1.807, 2.05) is 42.5 Å². The second-order valence-electron chi connectivity index (χ2n) is 9.52. The van der Waals surface area contributed by atoms with E-state index in [0.717, 1.165) is 33.4 Å². The SMILES string of the molecule is CC1C=C2CS/C(=N\C(=S)N/N=C/c3ccc(-c4ncn(-c5ccc(OC(F)(F)F)cc5)n4)cc3)N2c2cc(Cl)ccc21. The van der Waals surface area contributed by atoms with E-state index in [0.29, 0.717) is 16.5 Å². The summed E-state index contributed by atoms with van der Waals surface area (Å²) >= 11 is 13.3. The van der Waals surface area contributed by atoms with Crippen molar-refractivity contribution < 1.29 is 17.9 Å². The normalized spacial score (nSPS) is 17.1. The lowest BCUT2D eigenvalue weighted by Crippen LogP contribution is -2.28. The van der Waals surface area contributed by atoms with Crippen LogP contribution >= 0.6 is 35.6 Å². The van der Waals surface area contributed by atoms with E-state index in [1.54, 1.807) is 18.0 Å². The van der Waals surface area contributed by atoms with Crippen molar-refractivity contribution in [3.05, 3.63) is 101 Å². The highest BCUT2D eigenvalue weighted by molar-refractivity contribution is 8.14. The first-order chi connectivity index (χ1) is 20.6. The number of benzene rings is 3. The van der Waals surface area contributed by atoms with Gasteiger partial charge in [0.1, 0.15) is 12.1 Å². The Bertz CT molecular complexity index is 1770. The van der Waals surface area contributed by atoms with Gasteiger partial charge >= 0.3 is 6.36 Å². The van der Waals surface area contributed by atoms with Crippen molar-refractivity contribution in [2.45, 2.75) is 19.2 Å². The fourth-order valence-electron chi connectivity index (χ4n) is 4.64. The molecular weight excluding hydrogens is 619 g/mol. The Morgan fingerprint density at radius 3 is 2.65 bits per heavy atom. The number of alkyl halides is 3. The quantitative estimate of drug-likeness (QED) is 0.139. The van der Waals surface area contributed by atoms with Gasteiger partial charge in [0.15, 0.2) is 11.0 Å². The number of aliphatic imine (C=N–C) groups is 1. The Morgan fingerprint density at radius 2 is 1.91 bits per heavy atom. The molecule has 43 heavy (non-hydrogen) atoms. The number of hydrazone groups is 1. The molecule has 1 unspecified atom stereocenters. The maximum absolute atomic E-state index is 12.4. The Kier molecular flexibility index (Phi) is 7.95. The number of thiocarbonyl (C=S) groups is 1. The highest BCUT2D eigenvalue weighted by Gasteiger charge is 2.33. The Labute approximate surface area is 258 Å². The number of nitrogens with zero attached hydrogens (tertiary/aromatic N) is 6. The summed E-state index contributed by atoms with van der Waals surface area (Å²) in [6.07, 6.45) is 0.590. The van der Waals surface area contributed by atoms with Gasteiger partial charge in [-0.05, 0) is 59.7 Å². The van der Waals surface area contributed by atoms with Gasteiger partial charge in [0.2, 0.25) is 5.11 Å². The largest absolute Gasteiger partial charge is 0.573 e. The van der Waals surface area contributed by atoms with Crippen molar-refractivity contribution >= 4 is 57.8 Å². The van der Waals surface area contributed by atoms with Crippen LogP contribution in [0, 0.1) is 0 Å². The number of nitrogens with one attached hydrogen (secondary N) is 1. The minimum Gasteiger partial charge on any atom is -0.406 e. The van der Waals surface area contributed by atoms with Crippen molar-refractivity contribution in [3.8, 4) is 22.8 Å². The van der Waals surface area contributed by atoms with Gasteiger partial charge in [-0.15, -0.1) is 18.3 Å². The molecule has 1 atom stereocenters. The van der Waals surface area contributed by atoms with Crippen LogP contribution < -0.4 is 15.1 Å². The fourth-order valence-corrected chi connectivity index (χ4v) is 6.01. The first-order valence-corrected chi connectivity index (χ1v) is 14.6. The molecule has 1 fully saturated rings. The molecule has 4 aromatic rings. The van der Waals surface area contributed by atoms with Crippen LogP contribution in [0.15, 0.2) is 94.9 Å². The Balaban J connectivity index is 1.08. The number of hydrogen-bond donors (Lipinski definition) is 1. The van der Waals surface area contributed by atoms with E-state index in [9.17, 15) is 13.2 Å². The molecule has 1 N–H and O–H groups in total. The maximum atomic E-state index is 12.4. The van der Waals surface area contributed by atoms with E-state index in [2.05, 4.69) is 48.2 Å². The molecule has 8 nitrogen and oxygen atoms in total. The molecule has 3 heterocycles. The van der Waals surface area contributed by atoms with Crippen molar-refractivity contribution in [3.63, 3.8) is 0 Å². The van der Waals surface area contributed by atoms with Crippen LogP contribution in [-0.2, 0) is 0 Å². The monoisotopic (exact) mass is 639 g/mol. The van der Waals surface area contributed by atoms with Gasteiger partial charge in [0.25, 0.3) is 0 Å². The highest BCUT2D eigenvalue weighted by Crippen LogP contribution is 2.43. The number of halogens is 4. The van der Waals surface area contributed by atoms with Crippen molar-refractivity contribution in [1.29, 1.82) is 0 Å². The second kappa shape index (κ2) is 11.8. The topological polar surface area (TPSA) is 79.9 Å². The third-order valence-electron chi connectivity index (χ3n) is 6.56. The van der Waals surface area contributed by atoms with Crippen LogP contribution in [0.2, 0.25) is 5.02 Å². The van der Waals surface area contributed by atoms with Gasteiger partial charge in [0.05, 0.1) is 17.6 Å².